The second-order valence-corrected chi connectivity index (χ2v) is 8.48. The van der Waals surface area contributed by atoms with E-state index in [1.165, 1.54) is 0 Å². The number of hydrogen-bond donors (Lipinski definition) is 0. The molecule has 0 aromatic heterocycles. The molecule has 0 bridgehead atoms. The molecule has 2 aromatic carbocycles. The lowest BCUT2D eigenvalue weighted by Crippen LogP contribution is -2.23. The first-order valence-corrected chi connectivity index (χ1v) is 11.3. The van der Waals surface area contributed by atoms with Gasteiger partial charge in [-0.05, 0) is 54.3 Å². The van der Waals surface area contributed by atoms with Gasteiger partial charge in [-0.3, -0.25) is 4.79 Å². The van der Waals surface area contributed by atoms with Crippen LogP contribution < -0.4 is 19.5 Å². The summed E-state index contributed by atoms with van der Waals surface area (Å²) in [4.78, 5) is 13.4. The fraction of sp³-hybridized carbons (Fsp3) is 0.458. The van der Waals surface area contributed by atoms with Gasteiger partial charge in [0, 0.05) is 39.0 Å². The van der Waals surface area contributed by atoms with E-state index in [1.54, 1.807) is 54.2 Å². The average Bonchev–Trinajstić information content (AvgIpc) is 2.75. The number of carbonyl (C=O) groups is 1. The predicted octanol–water partition coefficient (Wildman–Crippen LogP) is 4.56. The summed E-state index contributed by atoms with van der Waals surface area (Å²) in [6.45, 7) is 9.18. The third kappa shape index (κ3) is 6.91. The van der Waals surface area contributed by atoms with Crippen LogP contribution in [0.1, 0.15) is 42.3 Å². The highest BCUT2D eigenvalue weighted by atomic mass is 31.1. The van der Waals surface area contributed by atoms with Gasteiger partial charge < -0.3 is 28.4 Å². The van der Waals surface area contributed by atoms with Crippen molar-refractivity contribution in [1.82, 2.24) is 0 Å². The largest absolute Gasteiger partial charge is 0.465 e. The van der Waals surface area contributed by atoms with Gasteiger partial charge in [0.15, 0.2) is 24.4 Å². The molecular formula is C24H33O7P. The van der Waals surface area contributed by atoms with Crippen molar-refractivity contribution in [2.75, 3.05) is 21.3 Å². The SMILES string of the molecule is COC(C)Oc1cc(OC(C)OC)c(PC(=O)c2c(C)cccc2C)c(OC(C)OC)c1. The number of carbonyl (C=O) groups excluding carboxylic acids is 1. The minimum absolute atomic E-state index is 0.00984. The molecule has 0 amide bonds. The fourth-order valence-corrected chi connectivity index (χ4v) is 4.24. The van der Waals surface area contributed by atoms with Gasteiger partial charge in [-0.2, -0.15) is 0 Å². The standard InChI is InChI=1S/C24H33O7P/c1-14-10-9-11-15(2)22(14)24(25)32-23-20(30-17(4)27-7)12-19(29-16(3)26-6)13-21(23)31-18(5)28-8/h9-13,16-18,32H,1-8H3. The topological polar surface area (TPSA) is 72.5 Å². The highest BCUT2D eigenvalue weighted by Gasteiger charge is 2.23. The lowest BCUT2D eigenvalue weighted by molar-refractivity contribution is -0.0458. The molecule has 0 spiro atoms. The minimum Gasteiger partial charge on any atom is -0.465 e. The molecule has 0 fully saturated rings. The van der Waals surface area contributed by atoms with Gasteiger partial charge in [0.05, 0.1) is 5.30 Å². The first-order valence-electron chi connectivity index (χ1n) is 10.3. The highest BCUT2D eigenvalue weighted by molar-refractivity contribution is 7.66. The molecular weight excluding hydrogens is 431 g/mol. The van der Waals surface area contributed by atoms with Crippen molar-refractivity contribution in [3.05, 3.63) is 47.0 Å². The number of ether oxygens (including phenoxy) is 6. The van der Waals surface area contributed by atoms with Crippen LogP contribution in [0.25, 0.3) is 0 Å². The minimum atomic E-state index is -0.545. The van der Waals surface area contributed by atoms with E-state index in [-0.39, 0.29) is 14.1 Å². The third-order valence-electron chi connectivity index (χ3n) is 4.87. The third-order valence-corrected chi connectivity index (χ3v) is 6.09. The molecule has 0 heterocycles. The Morgan fingerprint density at radius 3 is 1.66 bits per heavy atom. The average molecular weight is 464 g/mol. The number of methoxy groups -OCH3 is 3. The molecule has 8 heteroatoms. The number of benzene rings is 2. The van der Waals surface area contributed by atoms with E-state index in [9.17, 15) is 4.79 Å². The van der Waals surface area contributed by atoms with Gasteiger partial charge in [-0.1, -0.05) is 18.2 Å². The normalized spacial score (nSPS) is 14.2. The van der Waals surface area contributed by atoms with Gasteiger partial charge in [-0.15, -0.1) is 0 Å². The van der Waals surface area contributed by atoms with Crippen molar-refractivity contribution in [3.63, 3.8) is 0 Å². The van der Waals surface area contributed by atoms with Crippen LogP contribution in [0.2, 0.25) is 0 Å². The second kappa shape index (κ2) is 12.2. The van der Waals surface area contributed by atoms with E-state index in [4.69, 9.17) is 28.4 Å². The van der Waals surface area contributed by atoms with E-state index in [0.29, 0.717) is 28.1 Å². The Balaban J connectivity index is 2.57. The van der Waals surface area contributed by atoms with Crippen LogP contribution in [0.15, 0.2) is 30.3 Å². The molecule has 0 aliphatic heterocycles. The Morgan fingerprint density at radius 1 is 0.781 bits per heavy atom. The number of rotatable bonds is 12. The summed E-state index contributed by atoms with van der Waals surface area (Å²) in [6, 6.07) is 9.24. The second-order valence-electron chi connectivity index (χ2n) is 7.28. The Kier molecular flexibility index (Phi) is 9.91. The molecule has 0 N–H and O–H groups in total. The first kappa shape index (κ1) is 26.1. The van der Waals surface area contributed by atoms with E-state index >= 15 is 0 Å². The van der Waals surface area contributed by atoms with Crippen molar-refractivity contribution >= 4 is 19.4 Å². The van der Waals surface area contributed by atoms with Crippen molar-refractivity contribution in [3.8, 4) is 17.2 Å². The Bertz CT molecular complexity index is 862. The quantitative estimate of drug-likeness (QED) is 0.337. The molecule has 176 valence electrons. The summed E-state index contributed by atoms with van der Waals surface area (Å²) in [6.07, 6.45) is -1.58. The molecule has 2 aromatic rings. The Morgan fingerprint density at radius 2 is 1.22 bits per heavy atom. The first-order chi connectivity index (χ1) is 15.2. The molecule has 4 atom stereocenters. The summed E-state index contributed by atoms with van der Waals surface area (Å²) >= 11 is 0. The van der Waals surface area contributed by atoms with Crippen molar-refractivity contribution < 1.29 is 33.2 Å². The zero-order valence-corrected chi connectivity index (χ0v) is 21.0. The van der Waals surface area contributed by atoms with E-state index < -0.39 is 18.9 Å². The lowest BCUT2D eigenvalue weighted by Gasteiger charge is -2.23. The van der Waals surface area contributed by atoms with Crippen LogP contribution in [0.5, 0.6) is 17.2 Å². The molecule has 0 saturated carbocycles. The van der Waals surface area contributed by atoms with Crippen LogP contribution in [-0.2, 0) is 14.2 Å². The van der Waals surface area contributed by atoms with Gasteiger partial charge in [0.1, 0.15) is 17.2 Å². The van der Waals surface area contributed by atoms with Crippen LogP contribution >= 0.6 is 8.58 Å². The van der Waals surface area contributed by atoms with E-state index in [0.717, 1.165) is 11.1 Å². The maximum absolute atomic E-state index is 13.4. The summed E-state index contributed by atoms with van der Waals surface area (Å²) < 4.78 is 33.6. The molecule has 0 aliphatic carbocycles. The zero-order valence-electron chi connectivity index (χ0n) is 20.0. The molecule has 0 radical (unpaired) electrons. The highest BCUT2D eigenvalue weighted by Crippen LogP contribution is 2.36. The molecule has 0 saturated heterocycles. The number of aryl methyl sites for hydroxylation is 2. The van der Waals surface area contributed by atoms with Crippen molar-refractivity contribution in [1.29, 1.82) is 0 Å². The molecule has 7 nitrogen and oxygen atoms in total. The van der Waals surface area contributed by atoms with Crippen molar-refractivity contribution in [2.45, 2.75) is 53.5 Å². The summed E-state index contributed by atoms with van der Waals surface area (Å²) in [5.74, 6) is 1.36. The summed E-state index contributed by atoms with van der Waals surface area (Å²) in [5, 5.41) is 0.614. The molecule has 4 unspecified atom stereocenters. The Labute approximate surface area is 192 Å². The fourth-order valence-electron chi connectivity index (χ4n) is 2.99. The van der Waals surface area contributed by atoms with Gasteiger partial charge in [-0.25, -0.2) is 0 Å². The van der Waals surface area contributed by atoms with Gasteiger partial charge >= 0.3 is 0 Å². The van der Waals surface area contributed by atoms with E-state index in [1.807, 2.05) is 32.0 Å². The van der Waals surface area contributed by atoms with E-state index in [2.05, 4.69) is 0 Å². The summed E-state index contributed by atoms with van der Waals surface area (Å²) in [5.41, 5.74) is 2.55. The van der Waals surface area contributed by atoms with Crippen molar-refractivity contribution in [2.24, 2.45) is 0 Å². The zero-order chi connectivity index (χ0) is 23.8. The summed E-state index contributed by atoms with van der Waals surface area (Å²) in [7, 11) is 4.40. The lowest BCUT2D eigenvalue weighted by atomic mass is 10.0. The van der Waals surface area contributed by atoms with Crippen LogP contribution in [0.3, 0.4) is 0 Å². The molecule has 0 aliphatic rings. The smallest absolute Gasteiger partial charge is 0.196 e. The Hall–Kier alpha value is -2.18. The van der Waals surface area contributed by atoms with Crippen LogP contribution in [-0.4, -0.2) is 45.7 Å². The van der Waals surface area contributed by atoms with Crippen LogP contribution in [0, 0.1) is 13.8 Å². The predicted molar refractivity (Wildman–Crippen MR) is 126 cm³/mol. The monoisotopic (exact) mass is 464 g/mol. The molecule has 2 rings (SSSR count). The maximum Gasteiger partial charge on any atom is 0.196 e. The maximum atomic E-state index is 13.4. The molecule has 32 heavy (non-hydrogen) atoms. The van der Waals surface area contributed by atoms with Gasteiger partial charge in [0.25, 0.3) is 0 Å². The number of hydrogen-bond acceptors (Lipinski definition) is 7. The van der Waals surface area contributed by atoms with Gasteiger partial charge in [0.2, 0.25) is 0 Å². The van der Waals surface area contributed by atoms with Crippen LogP contribution in [0.4, 0.5) is 0 Å².